The first-order chi connectivity index (χ1) is 9.16. The van der Waals surface area contributed by atoms with Gasteiger partial charge in [-0.2, -0.15) is 0 Å². The summed E-state index contributed by atoms with van der Waals surface area (Å²) in [5.74, 6) is 0.249. The van der Waals surface area contributed by atoms with Gasteiger partial charge in [-0.05, 0) is 30.2 Å². The molecule has 3 N–H and O–H groups in total. The standard InChI is InChI=1S/C14H14ClN3O/c15-11-5-3-9-17-14(11)18-13(19)8-7-10-4-1-2-6-12(10)16/h1-6,9H,7-8,16H2,(H,17,18,19). The van der Waals surface area contributed by atoms with Gasteiger partial charge in [0.25, 0.3) is 0 Å². The SMILES string of the molecule is Nc1ccccc1CCC(=O)Nc1ncccc1Cl. The Hall–Kier alpha value is -2.07. The van der Waals surface area contributed by atoms with Crippen molar-refractivity contribution in [3.8, 4) is 0 Å². The summed E-state index contributed by atoms with van der Waals surface area (Å²) >= 11 is 5.91. The van der Waals surface area contributed by atoms with Crippen molar-refractivity contribution in [1.29, 1.82) is 0 Å². The molecule has 0 spiro atoms. The zero-order chi connectivity index (χ0) is 13.7. The van der Waals surface area contributed by atoms with Gasteiger partial charge in [0.15, 0.2) is 5.82 Å². The third-order valence-electron chi connectivity index (χ3n) is 2.69. The topological polar surface area (TPSA) is 68.0 Å². The normalized spacial score (nSPS) is 10.2. The van der Waals surface area contributed by atoms with Crippen LogP contribution in [0.4, 0.5) is 11.5 Å². The van der Waals surface area contributed by atoms with Crippen LogP contribution in [0.1, 0.15) is 12.0 Å². The van der Waals surface area contributed by atoms with Crippen LogP contribution in [0.5, 0.6) is 0 Å². The summed E-state index contributed by atoms with van der Waals surface area (Å²) in [4.78, 5) is 15.8. The van der Waals surface area contributed by atoms with Gasteiger partial charge in [0, 0.05) is 18.3 Å². The Morgan fingerprint density at radius 3 is 2.79 bits per heavy atom. The predicted molar refractivity (Wildman–Crippen MR) is 77.1 cm³/mol. The fourth-order valence-electron chi connectivity index (χ4n) is 1.68. The molecule has 0 aliphatic rings. The Kier molecular flexibility index (Phi) is 4.36. The van der Waals surface area contributed by atoms with Crippen molar-refractivity contribution in [2.24, 2.45) is 0 Å². The minimum Gasteiger partial charge on any atom is -0.399 e. The molecule has 5 heteroatoms. The molecular formula is C14H14ClN3O. The average molecular weight is 276 g/mol. The molecule has 0 bridgehead atoms. The number of pyridine rings is 1. The first-order valence-corrected chi connectivity index (χ1v) is 6.28. The minimum atomic E-state index is -0.135. The number of aromatic nitrogens is 1. The maximum absolute atomic E-state index is 11.8. The largest absolute Gasteiger partial charge is 0.399 e. The van der Waals surface area contributed by atoms with Gasteiger partial charge >= 0.3 is 0 Å². The van der Waals surface area contributed by atoms with Gasteiger partial charge in [-0.1, -0.05) is 29.8 Å². The van der Waals surface area contributed by atoms with E-state index in [-0.39, 0.29) is 5.91 Å². The third kappa shape index (κ3) is 3.69. The molecule has 4 nitrogen and oxygen atoms in total. The van der Waals surface area contributed by atoms with Crippen LogP contribution in [0.2, 0.25) is 5.02 Å². The number of carbonyl (C=O) groups is 1. The average Bonchev–Trinajstić information content (AvgIpc) is 2.40. The molecule has 2 rings (SSSR count). The highest BCUT2D eigenvalue weighted by Gasteiger charge is 2.07. The molecule has 0 radical (unpaired) electrons. The lowest BCUT2D eigenvalue weighted by molar-refractivity contribution is -0.116. The molecular weight excluding hydrogens is 262 g/mol. The Labute approximate surface area is 116 Å². The third-order valence-corrected chi connectivity index (χ3v) is 3.00. The minimum absolute atomic E-state index is 0.135. The Morgan fingerprint density at radius 1 is 1.26 bits per heavy atom. The lowest BCUT2D eigenvalue weighted by Gasteiger charge is -2.07. The molecule has 1 heterocycles. The van der Waals surface area contributed by atoms with Gasteiger partial charge in [0.1, 0.15) is 0 Å². The van der Waals surface area contributed by atoms with E-state index in [1.165, 1.54) is 0 Å². The van der Waals surface area contributed by atoms with E-state index in [4.69, 9.17) is 17.3 Å². The fourth-order valence-corrected chi connectivity index (χ4v) is 1.85. The van der Waals surface area contributed by atoms with E-state index in [1.807, 2.05) is 24.3 Å². The van der Waals surface area contributed by atoms with E-state index >= 15 is 0 Å². The van der Waals surface area contributed by atoms with Crippen LogP contribution in [-0.2, 0) is 11.2 Å². The molecule has 0 unspecified atom stereocenters. The highest BCUT2D eigenvalue weighted by atomic mass is 35.5. The van der Waals surface area contributed by atoms with Crippen LogP contribution < -0.4 is 11.1 Å². The van der Waals surface area contributed by atoms with Crippen molar-refractivity contribution in [3.05, 3.63) is 53.2 Å². The number of anilines is 2. The number of rotatable bonds is 4. The first-order valence-electron chi connectivity index (χ1n) is 5.90. The number of nitrogens with one attached hydrogen (secondary N) is 1. The molecule has 0 aliphatic heterocycles. The molecule has 0 atom stereocenters. The molecule has 1 aromatic heterocycles. The number of nitrogens with two attached hydrogens (primary N) is 1. The number of halogens is 1. The number of benzene rings is 1. The van der Waals surface area contributed by atoms with Crippen molar-refractivity contribution >= 4 is 29.0 Å². The van der Waals surface area contributed by atoms with Crippen LogP contribution in [0.15, 0.2) is 42.6 Å². The quantitative estimate of drug-likeness (QED) is 0.843. The van der Waals surface area contributed by atoms with E-state index in [0.29, 0.717) is 29.4 Å². The summed E-state index contributed by atoms with van der Waals surface area (Å²) in [6, 6.07) is 10.9. The number of para-hydroxylation sites is 1. The number of aryl methyl sites for hydroxylation is 1. The summed E-state index contributed by atoms with van der Waals surface area (Å²) in [7, 11) is 0. The van der Waals surface area contributed by atoms with E-state index in [0.717, 1.165) is 5.56 Å². The molecule has 0 saturated carbocycles. The molecule has 0 aliphatic carbocycles. The number of nitrogen functional groups attached to an aromatic ring is 1. The molecule has 19 heavy (non-hydrogen) atoms. The number of carbonyl (C=O) groups excluding carboxylic acids is 1. The van der Waals surface area contributed by atoms with Crippen LogP contribution in [-0.4, -0.2) is 10.9 Å². The molecule has 1 amide bonds. The van der Waals surface area contributed by atoms with Gasteiger partial charge in [-0.3, -0.25) is 4.79 Å². The molecule has 2 aromatic rings. The second-order valence-corrected chi connectivity index (χ2v) is 4.49. The number of hydrogen-bond donors (Lipinski definition) is 2. The second-order valence-electron chi connectivity index (χ2n) is 4.08. The summed E-state index contributed by atoms with van der Waals surface area (Å²) in [5.41, 5.74) is 7.48. The van der Waals surface area contributed by atoms with Crippen LogP contribution in [0.25, 0.3) is 0 Å². The van der Waals surface area contributed by atoms with Crippen LogP contribution in [0, 0.1) is 0 Å². The summed E-state index contributed by atoms with van der Waals surface area (Å²) in [6.45, 7) is 0. The van der Waals surface area contributed by atoms with E-state index in [1.54, 1.807) is 18.3 Å². The maximum Gasteiger partial charge on any atom is 0.225 e. The zero-order valence-corrected chi connectivity index (χ0v) is 11.0. The van der Waals surface area contributed by atoms with Crippen molar-refractivity contribution in [3.63, 3.8) is 0 Å². The van der Waals surface area contributed by atoms with Gasteiger partial charge in [0.05, 0.1) is 5.02 Å². The smallest absolute Gasteiger partial charge is 0.225 e. The van der Waals surface area contributed by atoms with Crippen molar-refractivity contribution in [2.45, 2.75) is 12.8 Å². The van der Waals surface area contributed by atoms with E-state index in [2.05, 4.69) is 10.3 Å². The Morgan fingerprint density at radius 2 is 2.05 bits per heavy atom. The van der Waals surface area contributed by atoms with Crippen molar-refractivity contribution in [2.75, 3.05) is 11.1 Å². The zero-order valence-electron chi connectivity index (χ0n) is 10.3. The molecule has 98 valence electrons. The Balaban J connectivity index is 1.92. The molecule has 0 saturated heterocycles. The Bertz CT molecular complexity index is 586. The second kappa shape index (κ2) is 6.20. The summed E-state index contributed by atoms with van der Waals surface area (Å²) in [6.07, 6.45) is 2.50. The van der Waals surface area contributed by atoms with Gasteiger partial charge in [-0.25, -0.2) is 4.98 Å². The molecule has 0 fully saturated rings. The van der Waals surface area contributed by atoms with Gasteiger partial charge in [-0.15, -0.1) is 0 Å². The highest BCUT2D eigenvalue weighted by Crippen LogP contribution is 2.18. The summed E-state index contributed by atoms with van der Waals surface area (Å²) in [5, 5.41) is 3.10. The lowest BCUT2D eigenvalue weighted by atomic mass is 10.1. The van der Waals surface area contributed by atoms with Crippen LogP contribution in [0.3, 0.4) is 0 Å². The van der Waals surface area contributed by atoms with Gasteiger partial charge < -0.3 is 11.1 Å². The van der Waals surface area contributed by atoms with Crippen LogP contribution >= 0.6 is 11.6 Å². The van der Waals surface area contributed by atoms with Crippen molar-refractivity contribution in [1.82, 2.24) is 4.98 Å². The van der Waals surface area contributed by atoms with Gasteiger partial charge in [0.2, 0.25) is 5.91 Å². The monoisotopic (exact) mass is 275 g/mol. The number of nitrogens with zero attached hydrogens (tertiary/aromatic N) is 1. The fraction of sp³-hybridized carbons (Fsp3) is 0.143. The highest BCUT2D eigenvalue weighted by molar-refractivity contribution is 6.33. The molecule has 1 aromatic carbocycles. The van der Waals surface area contributed by atoms with E-state index in [9.17, 15) is 4.79 Å². The van der Waals surface area contributed by atoms with Crippen molar-refractivity contribution < 1.29 is 4.79 Å². The number of amides is 1. The predicted octanol–water partition coefficient (Wildman–Crippen LogP) is 2.89. The number of hydrogen-bond acceptors (Lipinski definition) is 3. The first kappa shape index (κ1) is 13.4. The maximum atomic E-state index is 11.8. The summed E-state index contributed by atoms with van der Waals surface area (Å²) < 4.78 is 0. The lowest BCUT2D eigenvalue weighted by Crippen LogP contribution is -2.14. The van der Waals surface area contributed by atoms with E-state index < -0.39 is 0 Å².